The molecule has 0 bridgehead atoms. The molecule has 1 saturated carbocycles. The van der Waals surface area contributed by atoms with Crippen LogP contribution in [0.5, 0.6) is 0 Å². The Morgan fingerprint density at radius 1 is 1.26 bits per heavy atom. The van der Waals surface area contributed by atoms with Crippen LogP contribution in [0.25, 0.3) is 0 Å². The van der Waals surface area contributed by atoms with E-state index in [0.29, 0.717) is 17.1 Å². The highest BCUT2D eigenvalue weighted by atomic mass is 19.3. The van der Waals surface area contributed by atoms with Crippen molar-refractivity contribution in [1.29, 1.82) is 0 Å². The van der Waals surface area contributed by atoms with Crippen LogP contribution in [-0.2, 0) is 13.2 Å². The average molecular weight is 321 g/mol. The van der Waals surface area contributed by atoms with E-state index in [0.717, 1.165) is 24.9 Å². The lowest BCUT2D eigenvalue weighted by Gasteiger charge is -2.20. The van der Waals surface area contributed by atoms with E-state index in [9.17, 15) is 8.78 Å². The first-order valence-corrected chi connectivity index (χ1v) is 7.67. The molecule has 3 heterocycles. The Morgan fingerprint density at radius 3 is 2.70 bits per heavy atom. The lowest BCUT2D eigenvalue weighted by molar-refractivity contribution is 0.144. The van der Waals surface area contributed by atoms with Gasteiger partial charge in [-0.1, -0.05) is 11.3 Å². The van der Waals surface area contributed by atoms with Crippen LogP contribution in [0.4, 0.5) is 14.6 Å². The van der Waals surface area contributed by atoms with Crippen molar-refractivity contribution >= 4 is 5.82 Å². The Hall–Kier alpha value is -2.09. The summed E-state index contributed by atoms with van der Waals surface area (Å²) in [5.41, 5.74) is 0.621. The number of piperidine rings is 1. The van der Waals surface area contributed by atoms with Gasteiger partial charge in [0, 0.05) is 18.7 Å². The van der Waals surface area contributed by atoms with Gasteiger partial charge in [0.2, 0.25) is 0 Å². The first-order valence-electron chi connectivity index (χ1n) is 7.67. The van der Waals surface area contributed by atoms with Crippen molar-refractivity contribution in [2.45, 2.75) is 26.0 Å². The summed E-state index contributed by atoms with van der Waals surface area (Å²) in [6, 6.07) is 3.49. The zero-order valence-electron chi connectivity index (χ0n) is 12.4. The first-order chi connectivity index (χ1) is 11.1. The molecule has 0 spiro atoms. The maximum atomic E-state index is 13.4. The molecule has 1 aliphatic heterocycles. The summed E-state index contributed by atoms with van der Waals surface area (Å²) in [4.78, 5) is 6.29. The minimum Gasteiger partial charge on any atom is -0.390 e. The third kappa shape index (κ3) is 2.78. The highest BCUT2D eigenvalue weighted by Crippen LogP contribution is 2.46. The molecule has 4 rings (SSSR count). The summed E-state index contributed by atoms with van der Waals surface area (Å²) in [7, 11) is 0. The molecule has 1 saturated heterocycles. The molecule has 23 heavy (non-hydrogen) atoms. The molecule has 2 aliphatic rings. The predicted octanol–water partition coefficient (Wildman–Crippen LogP) is 1.61. The third-order valence-electron chi connectivity index (χ3n) is 4.59. The maximum Gasteiger partial charge on any atom is 0.280 e. The first kappa shape index (κ1) is 14.5. The minimum absolute atomic E-state index is 0.158. The molecule has 2 aromatic rings. The van der Waals surface area contributed by atoms with Crippen LogP contribution >= 0.6 is 0 Å². The maximum absolute atomic E-state index is 13.4. The summed E-state index contributed by atoms with van der Waals surface area (Å²) in [6.07, 6.45) is 0.162. The SMILES string of the molecule is OCc1cn(Cc2ccc(N3CC4CC4C3)nc2C(F)F)nn1. The second-order valence-corrected chi connectivity index (χ2v) is 6.24. The van der Waals surface area contributed by atoms with Crippen LogP contribution in [0.1, 0.15) is 29.8 Å². The van der Waals surface area contributed by atoms with Gasteiger partial charge in [0.05, 0.1) is 19.3 Å². The number of anilines is 1. The number of nitrogens with zero attached hydrogens (tertiary/aromatic N) is 5. The van der Waals surface area contributed by atoms with E-state index in [1.54, 1.807) is 12.1 Å². The van der Waals surface area contributed by atoms with Crippen LogP contribution in [0, 0.1) is 11.8 Å². The van der Waals surface area contributed by atoms with E-state index in [1.807, 2.05) is 0 Å². The molecule has 6 nitrogen and oxygen atoms in total. The number of halogens is 2. The lowest BCUT2D eigenvalue weighted by atomic mass is 10.2. The van der Waals surface area contributed by atoms with E-state index >= 15 is 0 Å². The smallest absolute Gasteiger partial charge is 0.280 e. The molecule has 0 amide bonds. The van der Waals surface area contributed by atoms with Crippen LogP contribution in [-0.4, -0.2) is 38.2 Å². The van der Waals surface area contributed by atoms with Gasteiger partial charge >= 0.3 is 0 Å². The fourth-order valence-electron chi connectivity index (χ4n) is 3.24. The van der Waals surface area contributed by atoms with Gasteiger partial charge in [0.15, 0.2) is 0 Å². The molecule has 2 fully saturated rings. The van der Waals surface area contributed by atoms with Gasteiger partial charge < -0.3 is 10.0 Å². The van der Waals surface area contributed by atoms with Crippen molar-refractivity contribution in [2.24, 2.45) is 11.8 Å². The van der Waals surface area contributed by atoms with Crippen LogP contribution in [0.3, 0.4) is 0 Å². The molecule has 0 aromatic carbocycles. The normalized spacial score (nSPS) is 22.7. The fraction of sp³-hybridized carbons (Fsp3) is 0.533. The van der Waals surface area contributed by atoms with E-state index < -0.39 is 6.43 Å². The van der Waals surface area contributed by atoms with Crippen molar-refractivity contribution in [3.63, 3.8) is 0 Å². The van der Waals surface area contributed by atoms with Crippen LogP contribution in [0.15, 0.2) is 18.3 Å². The van der Waals surface area contributed by atoms with E-state index in [-0.39, 0.29) is 18.8 Å². The lowest BCUT2D eigenvalue weighted by Crippen LogP contribution is -2.23. The largest absolute Gasteiger partial charge is 0.390 e. The Morgan fingerprint density at radius 2 is 2.04 bits per heavy atom. The Kier molecular flexibility index (Phi) is 3.48. The highest BCUT2D eigenvalue weighted by molar-refractivity contribution is 5.44. The van der Waals surface area contributed by atoms with Crippen molar-refractivity contribution < 1.29 is 13.9 Å². The molecule has 2 atom stereocenters. The van der Waals surface area contributed by atoms with E-state index in [2.05, 4.69) is 20.2 Å². The summed E-state index contributed by atoms with van der Waals surface area (Å²) in [6.45, 7) is 1.77. The summed E-state index contributed by atoms with van der Waals surface area (Å²) in [5, 5.41) is 16.6. The van der Waals surface area contributed by atoms with E-state index in [1.165, 1.54) is 17.3 Å². The van der Waals surface area contributed by atoms with Gasteiger partial charge in [-0.15, -0.1) is 5.10 Å². The number of aromatic nitrogens is 4. The molecule has 122 valence electrons. The Bertz CT molecular complexity index is 710. The second kappa shape index (κ2) is 5.52. The van der Waals surface area contributed by atoms with Gasteiger partial charge in [-0.3, -0.25) is 0 Å². The van der Waals surface area contributed by atoms with Gasteiger partial charge in [0.25, 0.3) is 6.43 Å². The number of fused-ring (bicyclic) bond motifs is 1. The predicted molar refractivity (Wildman–Crippen MR) is 78.1 cm³/mol. The standard InChI is InChI=1S/C15H17F2N5O/c16-15(17)14-9(6-22-7-12(8-23)19-20-22)1-2-13(18-14)21-4-10-3-11(10)5-21/h1-2,7,10-11,15,23H,3-6,8H2. The average Bonchev–Trinajstić information content (AvgIpc) is 2.97. The zero-order chi connectivity index (χ0) is 16.0. The molecule has 2 aromatic heterocycles. The summed E-state index contributed by atoms with van der Waals surface area (Å²) in [5.74, 6) is 2.07. The van der Waals surface area contributed by atoms with Gasteiger partial charge in [-0.25, -0.2) is 18.4 Å². The Labute approximate surface area is 131 Å². The minimum atomic E-state index is -2.64. The van der Waals surface area contributed by atoms with Crippen molar-refractivity contribution in [3.8, 4) is 0 Å². The van der Waals surface area contributed by atoms with Crippen LogP contribution < -0.4 is 4.90 Å². The van der Waals surface area contributed by atoms with Gasteiger partial charge in [-0.05, 0) is 24.3 Å². The third-order valence-corrected chi connectivity index (χ3v) is 4.59. The van der Waals surface area contributed by atoms with Gasteiger partial charge in [-0.2, -0.15) is 0 Å². The molecule has 2 unspecified atom stereocenters. The van der Waals surface area contributed by atoms with Crippen molar-refractivity contribution in [1.82, 2.24) is 20.0 Å². The monoisotopic (exact) mass is 321 g/mol. The van der Waals surface area contributed by atoms with Crippen molar-refractivity contribution in [3.05, 3.63) is 35.3 Å². The highest BCUT2D eigenvalue weighted by Gasteiger charge is 2.45. The number of hydrogen-bond acceptors (Lipinski definition) is 5. The quantitative estimate of drug-likeness (QED) is 0.906. The van der Waals surface area contributed by atoms with Crippen molar-refractivity contribution in [2.75, 3.05) is 18.0 Å². The number of pyridine rings is 1. The Balaban J connectivity index is 1.58. The molecule has 1 N–H and O–H groups in total. The zero-order valence-corrected chi connectivity index (χ0v) is 12.4. The number of aliphatic hydroxyl groups excluding tert-OH is 1. The number of aliphatic hydroxyl groups is 1. The molecule has 0 radical (unpaired) electrons. The number of alkyl halides is 2. The topological polar surface area (TPSA) is 67.1 Å². The second-order valence-electron chi connectivity index (χ2n) is 6.24. The summed E-state index contributed by atoms with van der Waals surface area (Å²) < 4.78 is 28.2. The van der Waals surface area contributed by atoms with E-state index in [4.69, 9.17) is 5.11 Å². The van der Waals surface area contributed by atoms with Crippen LogP contribution in [0.2, 0.25) is 0 Å². The molecule has 1 aliphatic carbocycles. The number of hydrogen-bond donors (Lipinski definition) is 1. The molecule has 8 heteroatoms. The molecular formula is C15H17F2N5O. The number of rotatable bonds is 5. The fourth-order valence-corrected chi connectivity index (χ4v) is 3.24. The molecular weight excluding hydrogens is 304 g/mol. The summed E-state index contributed by atoms with van der Waals surface area (Å²) >= 11 is 0. The van der Waals surface area contributed by atoms with Gasteiger partial charge in [0.1, 0.15) is 17.2 Å².